The Hall–Kier alpha value is -2.08. The van der Waals surface area contributed by atoms with Crippen LogP contribution in [0.2, 0.25) is 5.02 Å². The van der Waals surface area contributed by atoms with Crippen molar-refractivity contribution >= 4 is 29.4 Å². The van der Waals surface area contributed by atoms with Crippen LogP contribution in [-0.2, 0) is 19.1 Å². The maximum absolute atomic E-state index is 13.2. The lowest BCUT2D eigenvalue weighted by Crippen LogP contribution is -2.56. The maximum atomic E-state index is 13.2. The number of rotatable bonds is 7. The predicted molar refractivity (Wildman–Crippen MR) is 117 cm³/mol. The second-order valence-corrected chi connectivity index (χ2v) is 9.35. The summed E-state index contributed by atoms with van der Waals surface area (Å²) in [5.74, 6) is -0.967. The summed E-state index contributed by atoms with van der Waals surface area (Å²) in [6.45, 7) is 11.2. The number of nitrogens with one attached hydrogen (secondary N) is 1. The molecule has 0 saturated carbocycles. The Labute approximate surface area is 184 Å². The van der Waals surface area contributed by atoms with Gasteiger partial charge in [0, 0.05) is 18.1 Å². The number of esters is 1. The van der Waals surface area contributed by atoms with E-state index in [-0.39, 0.29) is 30.3 Å². The van der Waals surface area contributed by atoms with Crippen LogP contribution in [0.4, 0.5) is 0 Å². The number of carbonyl (C=O) groups excluding carboxylic acids is 3. The molecular weight excluding hydrogens is 404 g/mol. The molecule has 2 amide bonds. The number of ether oxygens (including phenoxy) is 1. The molecule has 1 aliphatic heterocycles. The lowest BCUT2D eigenvalue weighted by molar-refractivity contribution is -0.148. The van der Waals surface area contributed by atoms with Gasteiger partial charge in [-0.2, -0.15) is 0 Å². The summed E-state index contributed by atoms with van der Waals surface area (Å²) in [6, 6.07) is 7.24. The van der Waals surface area contributed by atoms with Crippen molar-refractivity contribution < 1.29 is 19.1 Å². The molecule has 0 aromatic heterocycles. The van der Waals surface area contributed by atoms with E-state index in [4.69, 9.17) is 16.3 Å². The average Bonchev–Trinajstić information content (AvgIpc) is 2.65. The highest BCUT2D eigenvalue weighted by Gasteiger charge is 2.40. The lowest BCUT2D eigenvalue weighted by Gasteiger charge is -2.45. The van der Waals surface area contributed by atoms with Crippen molar-refractivity contribution in [3.63, 3.8) is 0 Å². The first kappa shape index (κ1) is 24.2. The van der Waals surface area contributed by atoms with E-state index in [1.165, 1.54) is 5.56 Å². The SMILES string of the molecule is CCOC(=O)CC(=O)N[C@@H](C(=O)N1CCC(c2ccc(Cl)cc2)C(C)(C)C1)C(C)C. The lowest BCUT2D eigenvalue weighted by atomic mass is 9.70. The van der Waals surface area contributed by atoms with Gasteiger partial charge in [0.25, 0.3) is 0 Å². The fraction of sp³-hybridized carbons (Fsp3) is 0.609. The third-order valence-corrected chi connectivity index (χ3v) is 5.92. The average molecular weight is 437 g/mol. The van der Waals surface area contributed by atoms with Gasteiger partial charge in [-0.05, 0) is 48.3 Å². The van der Waals surface area contributed by atoms with Crippen molar-refractivity contribution in [3.8, 4) is 0 Å². The minimum atomic E-state index is -0.671. The standard InChI is InChI=1S/C23H33ClN2O4/c1-6-30-20(28)13-19(27)25-21(15(2)3)22(29)26-12-11-18(23(4,5)14-26)16-7-9-17(24)10-8-16/h7-10,15,18,21H,6,11-14H2,1-5H3,(H,25,27)/t18?,21-/m1/s1. The molecule has 0 radical (unpaired) electrons. The quantitative estimate of drug-likeness (QED) is 0.521. The van der Waals surface area contributed by atoms with Crippen molar-refractivity contribution in [3.05, 3.63) is 34.9 Å². The van der Waals surface area contributed by atoms with Gasteiger partial charge in [-0.1, -0.05) is 51.4 Å². The zero-order valence-corrected chi connectivity index (χ0v) is 19.3. The summed E-state index contributed by atoms with van der Waals surface area (Å²) in [5, 5.41) is 3.44. The van der Waals surface area contributed by atoms with E-state index in [1.54, 1.807) is 6.92 Å². The summed E-state index contributed by atoms with van der Waals surface area (Å²) in [4.78, 5) is 38.9. The summed E-state index contributed by atoms with van der Waals surface area (Å²) in [5.41, 5.74) is 1.10. The number of nitrogens with zero attached hydrogens (tertiary/aromatic N) is 1. The van der Waals surface area contributed by atoms with Crippen LogP contribution in [0.3, 0.4) is 0 Å². The van der Waals surface area contributed by atoms with E-state index in [0.29, 0.717) is 24.0 Å². The molecule has 166 valence electrons. The minimum Gasteiger partial charge on any atom is -0.466 e. The molecule has 1 N–H and O–H groups in total. The van der Waals surface area contributed by atoms with Crippen LogP contribution in [0.5, 0.6) is 0 Å². The van der Waals surface area contributed by atoms with Crippen molar-refractivity contribution in [1.29, 1.82) is 0 Å². The Morgan fingerprint density at radius 1 is 1.23 bits per heavy atom. The van der Waals surface area contributed by atoms with Gasteiger partial charge in [-0.3, -0.25) is 14.4 Å². The topological polar surface area (TPSA) is 75.7 Å². The molecule has 0 aliphatic carbocycles. The highest BCUT2D eigenvalue weighted by atomic mass is 35.5. The van der Waals surface area contributed by atoms with E-state index in [1.807, 2.05) is 30.9 Å². The van der Waals surface area contributed by atoms with Crippen LogP contribution in [0.15, 0.2) is 24.3 Å². The highest BCUT2D eigenvalue weighted by molar-refractivity contribution is 6.30. The number of amides is 2. The monoisotopic (exact) mass is 436 g/mol. The summed E-state index contributed by atoms with van der Waals surface area (Å²) < 4.78 is 4.82. The van der Waals surface area contributed by atoms with Crippen molar-refractivity contribution in [2.75, 3.05) is 19.7 Å². The largest absolute Gasteiger partial charge is 0.466 e. The molecule has 7 heteroatoms. The second-order valence-electron chi connectivity index (χ2n) is 8.91. The third kappa shape index (κ3) is 6.21. The van der Waals surface area contributed by atoms with Gasteiger partial charge in [-0.15, -0.1) is 0 Å². The third-order valence-electron chi connectivity index (χ3n) is 5.67. The van der Waals surface area contributed by atoms with E-state index < -0.39 is 17.9 Å². The van der Waals surface area contributed by atoms with Gasteiger partial charge < -0.3 is 15.0 Å². The number of benzene rings is 1. The number of halogens is 1. The fourth-order valence-electron chi connectivity index (χ4n) is 4.14. The van der Waals surface area contributed by atoms with Gasteiger partial charge >= 0.3 is 5.97 Å². The van der Waals surface area contributed by atoms with E-state index in [2.05, 4.69) is 31.3 Å². The smallest absolute Gasteiger partial charge is 0.315 e. The zero-order valence-electron chi connectivity index (χ0n) is 18.5. The van der Waals surface area contributed by atoms with E-state index in [0.717, 1.165) is 6.42 Å². The Kier molecular flexibility index (Phi) is 8.30. The summed E-state index contributed by atoms with van der Waals surface area (Å²) >= 11 is 6.03. The van der Waals surface area contributed by atoms with E-state index in [9.17, 15) is 14.4 Å². The first-order valence-corrected chi connectivity index (χ1v) is 10.9. The maximum Gasteiger partial charge on any atom is 0.315 e. The molecule has 1 aromatic rings. The van der Waals surface area contributed by atoms with E-state index >= 15 is 0 Å². The zero-order chi connectivity index (χ0) is 22.5. The summed E-state index contributed by atoms with van der Waals surface area (Å²) in [7, 11) is 0. The molecule has 1 heterocycles. The molecule has 6 nitrogen and oxygen atoms in total. The van der Waals surface area contributed by atoms with Crippen LogP contribution in [0.1, 0.15) is 58.9 Å². The predicted octanol–water partition coefficient (Wildman–Crippen LogP) is 3.78. The molecule has 1 saturated heterocycles. The van der Waals surface area contributed by atoms with Gasteiger partial charge in [-0.25, -0.2) is 0 Å². The van der Waals surface area contributed by atoms with Crippen molar-refractivity contribution in [2.45, 2.75) is 59.4 Å². The molecule has 2 rings (SSSR count). The Morgan fingerprint density at radius 2 is 1.87 bits per heavy atom. The molecule has 1 aliphatic rings. The number of hydrogen-bond acceptors (Lipinski definition) is 4. The Morgan fingerprint density at radius 3 is 2.40 bits per heavy atom. The van der Waals surface area contributed by atoms with Gasteiger partial charge in [0.15, 0.2) is 0 Å². The number of piperidine rings is 1. The fourth-order valence-corrected chi connectivity index (χ4v) is 4.26. The van der Waals surface area contributed by atoms with Gasteiger partial charge in [0.2, 0.25) is 11.8 Å². The van der Waals surface area contributed by atoms with Crippen molar-refractivity contribution in [1.82, 2.24) is 10.2 Å². The second kappa shape index (κ2) is 10.3. The molecule has 0 bridgehead atoms. The van der Waals surface area contributed by atoms with Gasteiger partial charge in [0.05, 0.1) is 6.61 Å². The summed E-state index contributed by atoms with van der Waals surface area (Å²) in [6.07, 6.45) is 0.455. The van der Waals surface area contributed by atoms with Gasteiger partial charge in [0.1, 0.15) is 12.5 Å². The Bertz CT molecular complexity index is 761. The molecule has 1 unspecified atom stereocenters. The van der Waals surface area contributed by atoms with Crippen LogP contribution >= 0.6 is 11.6 Å². The highest BCUT2D eigenvalue weighted by Crippen LogP contribution is 2.42. The van der Waals surface area contributed by atoms with Crippen LogP contribution in [0, 0.1) is 11.3 Å². The minimum absolute atomic E-state index is 0.0965. The number of hydrogen-bond donors (Lipinski definition) is 1. The Balaban J connectivity index is 2.06. The first-order valence-electron chi connectivity index (χ1n) is 10.5. The molecular formula is C23H33ClN2O4. The van der Waals surface area contributed by atoms with Crippen LogP contribution in [-0.4, -0.2) is 48.4 Å². The molecule has 1 fully saturated rings. The molecule has 2 atom stereocenters. The first-order chi connectivity index (χ1) is 14.0. The molecule has 0 spiro atoms. The van der Waals surface area contributed by atoms with Crippen molar-refractivity contribution in [2.24, 2.45) is 11.3 Å². The van der Waals surface area contributed by atoms with Crippen LogP contribution < -0.4 is 5.32 Å². The van der Waals surface area contributed by atoms with Crippen LogP contribution in [0.25, 0.3) is 0 Å². The number of carbonyl (C=O) groups is 3. The normalized spacial score (nSPS) is 19.3. The molecule has 30 heavy (non-hydrogen) atoms. The molecule has 1 aromatic carbocycles. The number of likely N-dealkylation sites (tertiary alicyclic amines) is 1.